The van der Waals surface area contributed by atoms with Crippen molar-refractivity contribution in [3.63, 3.8) is 0 Å². The summed E-state index contributed by atoms with van der Waals surface area (Å²) in [5, 5.41) is 0. The Morgan fingerprint density at radius 2 is 1.85 bits per heavy atom. The number of hydrogen-bond donors (Lipinski definition) is 1. The van der Waals surface area contributed by atoms with Crippen LogP contribution in [0.5, 0.6) is 0 Å². The predicted molar refractivity (Wildman–Crippen MR) is 105 cm³/mol. The topological polar surface area (TPSA) is 55.6 Å². The highest BCUT2D eigenvalue weighted by Gasteiger charge is 2.34. The lowest BCUT2D eigenvalue weighted by molar-refractivity contribution is -0.0268. The van der Waals surface area contributed by atoms with Crippen LogP contribution in [0.25, 0.3) is 0 Å². The number of carbonyl (C=O) groups excluding carboxylic acids is 1. The number of nitrogens with zero attached hydrogens (tertiary/aromatic N) is 1. The van der Waals surface area contributed by atoms with E-state index in [9.17, 15) is 9.18 Å². The van der Waals surface area contributed by atoms with Gasteiger partial charge >= 0.3 is 0 Å². The number of amides is 1. The molecule has 1 saturated heterocycles. The van der Waals surface area contributed by atoms with Crippen LogP contribution in [-0.4, -0.2) is 42.1 Å². The summed E-state index contributed by atoms with van der Waals surface area (Å²) < 4.78 is 19.4. The van der Waals surface area contributed by atoms with Gasteiger partial charge in [-0.1, -0.05) is 13.8 Å². The number of hydrogen-bond acceptors (Lipinski definition) is 3. The van der Waals surface area contributed by atoms with E-state index in [2.05, 4.69) is 13.8 Å². The smallest absolute Gasteiger partial charge is 0.254 e. The number of piperidine rings is 1. The van der Waals surface area contributed by atoms with Crippen molar-refractivity contribution in [2.45, 2.75) is 70.6 Å². The highest BCUT2D eigenvalue weighted by Crippen LogP contribution is 2.31. The number of rotatable bonds is 5. The summed E-state index contributed by atoms with van der Waals surface area (Å²) in [4.78, 5) is 14.8. The van der Waals surface area contributed by atoms with Crippen molar-refractivity contribution in [2.75, 3.05) is 13.2 Å². The molecule has 5 heteroatoms. The molecule has 4 nitrogen and oxygen atoms in total. The summed E-state index contributed by atoms with van der Waals surface area (Å²) in [6, 6.07) is 5.56. The van der Waals surface area contributed by atoms with E-state index in [0.717, 1.165) is 37.5 Å². The van der Waals surface area contributed by atoms with Gasteiger partial charge in [0.1, 0.15) is 5.82 Å². The Bertz CT molecular complexity index is 611. The molecule has 1 aliphatic carbocycles. The van der Waals surface area contributed by atoms with Gasteiger partial charge in [0.15, 0.2) is 0 Å². The summed E-state index contributed by atoms with van der Waals surface area (Å²) in [5.41, 5.74) is 6.86. The molecule has 1 saturated carbocycles. The lowest BCUT2D eigenvalue weighted by Gasteiger charge is -2.41. The second-order valence-electron chi connectivity index (χ2n) is 8.49. The quantitative estimate of drug-likeness (QED) is 0.845. The number of ether oxygens (including phenoxy) is 1. The second-order valence-corrected chi connectivity index (χ2v) is 8.49. The van der Waals surface area contributed by atoms with Crippen molar-refractivity contribution >= 4 is 5.91 Å². The lowest BCUT2D eigenvalue weighted by atomic mass is 9.80. The van der Waals surface area contributed by atoms with Crippen LogP contribution in [-0.2, 0) is 4.74 Å². The Hall–Kier alpha value is -1.46. The van der Waals surface area contributed by atoms with Gasteiger partial charge in [-0.2, -0.15) is 0 Å². The third-order valence-electron chi connectivity index (χ3n) is 6.35. The van der Waals surface area contributed by atoms with Crippen LogP contribution in [0.3, 0.4) is 0 Å². The van der Waals surface area contributed by atoms with Crippen molar-refractivity contribution in [1.29, 1.82) is 0 Å². The number of likely N-dealkylation sites (tertiary alicyclic amines) is 1. The molecular formula is C22H33FN2O2. The van der Waals surface area contributed by atoms with E-state index in [1.807, 2.05) is 4.90 Å². The zero-order chi connectivity index (χ0) is 19.4. The largest absolute Gasteiger partial charge is 0.376 e. The predicted octanol–water partition coefficient (Wildman–Crippen LogP) is 3.99. The Morgan fingerprint density at radius 1 is 1.19 bits per heavy atom. The van der Waals surface area contributed by atoms with Crippen LogP contribution in [0, 0.1) is 17.7 Å². The van der Waals surface area contributed by atoms with E-state index in [1.54, 1.807) is 12.1 Å². The minimum Gasteiger partial charge on any atom is -0.376 e. The fourth-order valence-electron chi connectivity index (χ4n) is 4.47. The SMILES string of the molecule is CC(C)C1CCC(OC[C@H]2[C@@H](N)CCCN2C(=O)c2ccc(F)cc2)CC1. The average Bonchev–Trinajstić information content (AvgIpc) is 2.67. The summed E-state index contributed by atoms with van der Waals surface area (Å²) in [5.74, 6) is 1.13. The van der Waals surface area contributed by atoms with Gasteiger partial charge in [0.05, 0.1) is 18.8 Å². The maximum atomic E-state index is 13.2. The van der Waals surface area contributed by atoms with E-state index < -0.39 is 0 Å². The minimum absolute atomic E-state index is 0.0739. The van der Waals surface area contributed by atoms with Crippen molar-refractivity contribution < 1.29 is 13.9 Å². The zero-order valence-electron chi connectivity index (χ0n) is 16.6. The maximum absolute atomic E-state index is 13.2. The van der Waals surface area contributed by atoms with Gasteiger partial charge < -0.3 is 15.4 Å². The molecule has 0 bridgehead atoms. The molecule has 2 fully saturated rings. The molecule has 1 aliphatic heterocycles. The summed E-state index contributed by atoms with van der Waals surface area (Å²) in [6.45, 7) is 5.76. The molecule has 1 aromatic rings. The van der Waals surface area contributed by atoms with Crippen LogP contribution in [0.4, 0.5) is 4.39 Å². The van der Waals surface area contributed by atoms with Crippen LogP contribution in [0.1, 0.15) is 62.7 Å². The summed E-state index contributed by atoms with van der Waals surface area (Å²) >= 11 is 0. The molecule has 0 aromatic heterocycles. The first-order chi connectivity index (χ1) is 13.0. The molecule has 2 N–H and O–H groups in total. The fraction of sp³-hybridized carbons (Fsp3) is 0.682. The maximum Gasteiger partial charge on any atom is 0.254 e. The van der Waals surface area contributed by atoms with E-state index in [0.29, 0.717) is 18.7 Å². The van der Waals surface area contributed by atoms with Crippen molar-refractivity contribution in [3.8, 4) is 0 Å². The van der Waals surface area contributed by atoms with E-state index in [4.69, 9.17) is 10.5 Å². The number of carbonyl (C=O) groups is 1. The molecule has 2 aliphatic rings. The highest BCUT2D eigenvalue weighted by atomic mass is 19.1. The first-order valence-corrected chi connectivity index (χ1v) is 10.4. The Morgan fingerprint density at radius 3 is 2.48 bits per heavy atom. The lowest BCUT2D eigenvalue weighted by Crippen LogP contribution is -2.56. The Kier molecular flexibility index (Phi) is 6.88. The molecule has 150 valence electrons. The molecule has 1 aromatic carbocycles. The average molecular weight is 377 g/mol. The van der Waals surface area contributed by atoms with Gasteiger partial charge in [-0.3, -0.25) is 4.79 Å². The van der Waals surface area contributed by atoms with Gasteiger partial charge in [-0.05, 0) is 74.6 Å². The summed E-state index contributed by atoms with van der Waals surface area (Å²) in [7, 11) is 0. The monoisotopic (exact) mass is 376 g/mol. The van der Waals surface area contributed by atoms with Gasteiger partial charge in [-0.15, -0.1) is 0 Å². The molecule has 0 spiro atoms. The summed E-state index contributed by atoms with van der Waals surface area (Å²) in [6.07, 6.45) is 6.70. The van der Waals surface area contributed by atoms with Crippen LogP contribution < -0.4 is 5.73 Å². The normalized spacial score (nSPS) is 29.1. The molecule has 1 heterocycles. The molecule has 0 radical (unpaired) electrons. The fourth-order valence-corrected chi connectivity index (χ4v) is 4.47. The number of nitrogens with two attached hydrogens (primary N) is 1. The second kappa shape index (κ2) is 9.16. The van der Waals surface area contributed by atoms with E-state index >= 15 is 0 Å². The first-order valence-electron chi connectivity index (χ1n) is 10.4. The van der Waals surface area contributed by atoms with Crippen molar-refractivity contribution in [2.24, 2.45) is 17.6 Å². The minimum atomic E-state index is -0.334. The molecule has 1 amide bonds. The van der Waals surface area contributed by atoms with Crippen LogP contribution >= 0.6 is 0 Å². The first kappa shape index (κ1) is 20.3. The number of benzene rings is 1. The molecule has 27 heavy (non-hydrogen) atoms. The van der Waals surface area contributed by atoms with Gasteiger partial charge in [0, 0.05) is 18.2 Å². The highest BCUT2D eigenvalue weighted by molar-refractivity contribution is 5.94. The molecular weight excluding hydrogens is 343 g/mol. The van der Waals surface area contributed by atoms with E-state index in [1.165, 1.54) is 25.0 Å². The third-order valence-corrected chi connectivity index (χ3v) is 6.35. The van der Waals surface area contributed by atoms with Gasteiger partial charge in [-0.25, -0.2) is 4.39 Å². The van der Waals surface area contributed by atoms with E-state index in [-0.39, 0.29) is 29.9 Å². The van der Waals surface area contributed by atoms with Crippen LogP contribution in [0.2, 0.25) is 0 Å². The van der Waals surface area contributed by atoms with Crippen molar-refractivity contribution in [3.05, 3.63) is 35.6 Å². The molecule has 0 unspecified atom stereocenters. The standard InChI is InChI=1S/C22H33FN2O2/c1-15(2)16-7-11-19(12-8-16)27-14-21-20(24)4-3-13-25(21)22(26)17-5-9-18(23)10-6-17/h5-6,9-10,15-16,19-21H,3-4,7-8,11-14,24H2,1-2H3/t16?,19?,20-,21-/m0/s1. The zero-order valence-corrected chi connectivity index (χ0v) is 16.6. The van der Waals surface area contributed by atoms with Gasteiger partial charge in [0.2, 0.25) is 0 Å². The number of halogens is 1. The third kappa shape index (κ3) is 5.08. The van der Waals surface area contributed by atoms with Crippen molar-refractivity contribution in [1.82, 2.24) is 4.90 Å². The van der Waals surface area contributed by atoms with Gasteiger partial charge in [0.25, 0.3) is 5.91 Å². The Balaban J connectivity index is 1.59. The molecule has 2 atom stereocenters. The molecule has 3 rings (SSSR count). The van der Waals surface area contributed by atoms with Crippen LogP contribution in [0.15, 0.2) is 24.3 Å². The Labute approximate surface area is 162 Å².